The fourth-order valence-corrected chi connectivity index (χ4v) is 4.07. The minimum atomic E-state index is -0.792. The highest BCUT2D eigenvalue weighted by Gasteiger charge is 2.49. The van der Waals surface area contributed by atoms with E-state index in [1.54, 1.807) is 4.90 Å². The zero-order valence-corrected chi connectivity index (χ0v) is 13.7. The summed E-state index contributed by atoms with van der Waals surface area (Å²) in [6.45, 7) is 2.43. The number of carbonyl (C=O) groups excluding carboxylic acids is 1. The van der Waals surface area contributed by atoms with Crippen LogP contribution in [0.2, 0.25) is 0 Å². The number of hydrogen-bond donors (Lipinski definition) is 1. The number of fused-ring (bicyclic) bond motifs is 1. The molecular weight excluding hydrogens is 302 g/mol. The van der Waals surface area contributed by atoms with Gasteiger partial charge in [-0.3, -0.25) is 9.59 Å². The van der Waals surface area contributed by atoms with Gasteiger partial charge in [0.2, 0.25) is 5.91 Å². The number of likely N-dealkylation sites (tertiary alicyclic amines) is 1. The summed E-state index contributed by atoms with van der Waals surface area (Å²) in [6, 6.07) is 14.5. The molecule has 2 fully saturated rings. The third kappa shape index (κ3) is 2.46. The van der Waals surface area contributed by atoms with Gasteiger partial charge in [0.05, 0.1) is 5.92 Å². The number of amides is 1. The second-order valence-electron chi connectivity index (χ2n) is 7.06. The number of rotatable bonds is 3. The summed E-state index contributed by atoms with van der Waals surface area (Å²) in [5, 5.41) is 11.6. The van der Waals surface area contributed by atoms with Crippen molar-refractivity contribution >= 4 is 22.6 Å². The number of benzene rings is 2. The molecular formula is C20H21NO3. The van der Waals surface area contributed by atoms with Crippen molar-refractivity contribution < 1.29 is 14.7 Å². The SMILES string of the molecule is CC1C(C(=O)O)CCN1C(=O)C1CC1c1ccc2ccccc2c1. The maximum absolute atomic E-state index is 12.8. The van der Waals surface area contributed by atoms with Crippen molar-refractivity contribution in [2.24, 2.45) is 11.8 Å². The van der Waals surface area contributed by atoms with Crippen LogP contribution < -0.4 is 0 Å². The Morgan fingerprint density at radius 1 is 1.08 bits per heavy atom. The number of carbonyl (C=O) groups is 2. The van der Waals surface area contributed by atoms with Crippen LogP contribution in [0.3, 0.4) is 0 Å². The van der Waals surface area contributed by atoms with E-state index in [0.29, 0.717) is 13.0 Å². The molecule has 1 heterocycles. The van der Waals surface area contributed by atoms with E-state index >= 15 is 0 Å². The molecule has 1 saturated carbocycles. The summed E-state index contributed by atoms with van der Waals surface area (Å²) in [4.78, 5) is 25.8. The van der Waals surface area contributed by atoms with Crippen LogP contribution in [0.15, 0.2) is 42.5 Å². The highest BCUT2D eigenvalue weighted by Crippen LogP contribution is 2.49. The van der Waals surface area contributed by atoms with Gasteiger partial charge in [0, 0.05) is 18.5 Å². The Balaban J connectivity index is 1.49. The van der Waals surface area contributed by atoms with Crippen molar-refractivity contribution in [3.8, 4) is 0 Å². The van der Waals surface area contributed by atoms with Crippen LogP contribution >= 0.6 is 0 Å². The first kappa shape index (κ1) is 15.2. The lowest BCUT2D eigenvalue weighted by Gasteiger charge is -2.23. The van der Waals surface area contributed by atoms with Gasteiger partial charge in [0.15, 0.2) is 0 Å². The van der Waals surface area contributed by atoms with Crippen molar-refractivity contribution in [1.82, 2.24) is 4.90 Å². The highest BCUT2D eigenvalue weighted by atomic mass is 16.4. The molecule has 0 aromatic heterocycles. The van der Waals surface area contributed by atoms with Gasteiger partial charge in [-0.2, -0.15) is 0 Å². The quantitative estimate of drug-likeness (QED) is 0.943. The lowest BCUT2D eigenvalue weighted by atomic mass is 10.0. The predicted molar refractivity (Wildman–Crippen MR) is 91.7 cm³/mol. The normalized spacial score (nSPS) is 29.0. The average molecular weight is 323 g/mol. The molecule has 1 N–H and O–H groups in total. The minimum Gasteiger partial charge on any atom is -0.481 e. The van der Waals surface area contributed by atoms with Gasteiger partial charge < -0.3 is 10.0 Å². The first-order valence-corrected chi connectivity index (χ1v) is 8.58. The Bertz CT molecular complexity index is 815. The second-order valence-corrected chi connectivity index (χ2v) is 7.06. The highest BCUT2D eigenvalue weighted by molar-refractivity contribution is 5.86. The molecule has 0 bridgehead atoms. The van der Waals surface area contributed by atoms with E-state index in [1.165, 1.54) is 16.3 Å². The molecule has 0 spiro atoms. The molecule has 124 valence electrons. The summed E-state index contributed by atoms with van der Waals surface area (Å²) in [6.07, 6.45) is 1.44. The third-order valence-electron chi connectivity index (χ3n) is 5.66. The van der Waals surface area contributed by atoms with E-state index in [4.69, 9.17) is 0 Å². The second kappa shape index (κ2) is 5.62. The first-order valence-electron chi connectivity index (χ1n) is 8.58. The summed E-state index contributed by atoms with van der Waals surface area (Å²) < 4.78 is 0. The zero-order valence-electron chi connectivity index (χ0n) is 13.7. The van der Waals surface area contributed by atoms with E-state index in [0.717, 1.165) is 6.42 Å². The molecule has 24 heavy (non-hydrogen) atoms. The van der Waals surface area contributed by atoms with Gasteiger partial charge in [0.25, 0.3) is 0 Å². The largest absolute Gasteiger partial charge is 0.481 e. The molecule has 2 aliphatic rings. The van der Waals surface area contributed by atoms with Gasteiger partial charge in [-0.05, 0) is 42.0 Å². The van der Waals surface area contributed by atoms with Crippen molar-refractivity contribution in [1.29, 1.82) is 0 Å². The zero-order chi connectivity index (χ0) is 16.8. The van der Waals surface area contributed by atoms with Gasteiger partial charge >= 0.3 is 5.97 Å². The number of nitrogens with zero attached hydrogens (tertiary/aromatic N) is 1. The smallest absolute Gasteiger partial charge is 0.308 e. The molecule has 4 unspecified atom stereocenters. The van der Waals surface area contributed by atoms with Gasteiger partial charge in [-0.1, -0.05) is 42.5 Å². The molecule has 4 rings (SSSR count). The van der Waals surface area contributed by atoms with Crippen LogP contribution in [0.4, 0.5) is 0 Å². The molecule has 1 saturated heterocycles. The Labute approximate surface area is 141 Å². The Hall–Kier alpha value is -2.36. The summed E-state index contributed by atoms with van der Waals surface area (Å²) in [7, 11) is 0. The Morgan fingerprint density at radius 3 is 2.54 bits per heavy atom. The van der Waals surface area contributed by atoms with Crippen molar-refractivity contribution in [3.63, 3.8) is 0 Å². The van der Waals surface area contributed by atoms with Crippen LogP contribution in [0, 0.1) is 11.8 Å². The lowest BCUT2D eigenvalue weighted by molar-refractivity contribution is -0.143. The monoisotopic (exact) mass is 323 g/mol. The fourth-order valence-electron chi connectivity index (χ4n) is 4.07. The van der Waals surface area contributed by atoms with Gasteiger partial charge in [-0.15, -0.1) is 0 Å². The van der Waals surface area contributed by atoms with Gasteiger partial charge in [0.1, 0.15) is 0 Å². The number of hydrogen-bond acceptors (Lipinski definition) is 2. The summed E-state index contributed by atoms with van der Waals surface area (Å²) in [5.41, 5.74) is 1.22. The molecule has 4 heteroatoms. The van der Waals surface area contributed by atoms with E-state index in [9.17, 15) is 14.7 Å². The third-order valence-corrected chi connectivity index (χ3v) is 5.66. The number of carboxylic acid groups (broad SMARTS) is 1. The molecule has 2 aromatic rings. The molecule has 4 nitrogen and oxygen atoms in total. The van der Waals surface area contributed by atoms with Crippen LogP contribution in [-0.2, 0) is 9.59 Å². The van der Waals surface area contributed by atoms with E-state index in [1.807, 2.05) is 19.1 Å². The van der Waals surface area contributed by atoms with Gasteiger partial charge in [-0.25, -0.2) is 0 Å². The summed E-state index contributed by atoms with van der Waals surface area (Å²) >= 11 is 0. The summed E-state index contributed by atoms with van der Waals surface area (Å²) in [5.74, 6) is -0.796. The molecule has 1 amide bonds. The maximum Gasteiger partial charge on any atom is 0.308 e. The minimum absolute atomic E-state index is 0.0150. The lowest BCUT2D eigenvalue weighted by Crippen LogP contribution is -2.38. The standard InChI is InChI=1S/C20H21NO3/c1-12-16(20(23)24)8-9-21(12)19(22)18-11-17(18)15-7-6-13-4-2-3-5-14(13)10-15/h2-7,10,12,16-18H,8-9,11H2,1H3,(H,23,24). The van der Waals surface area contributed by atoms with E-state index in [-0.39, 0.29) is 23.8 Å². The van der Waals surface area contributed by atoms with E-state index in [2.05, 4.69) is 30.3 Å². The predicted octanol–water partition coefficient (Wildman–Crippen LogP) is 3.26. The van der Waals surface area contributed by atoms with Crippen LogP contribution in [0.25, 0.3) is 10.8 Å². The molecule has 2 aromatic carbocycles. The topological polar surface area (TPSA) is 57.6 Å². The fraction of sp³-hybridized carbons (Fsp3) is 0.400. The molecule has 1 aliphatic carbocycles. The number of carboxylic acids is 1. The molecule has 0 radical (unpaired) electrons. The van der Waals surface area contributed by atoms with Crippen LogP contribution in [0.1, 0.15) is 31.2 Å². The van der Waals surface area contributed by atoms with Crippen molar-refractivity contribution in [2.45, 2.75) is 31.7 Å². The first-order chi connectivity index (χ1) is 11.6. The van der Waals surface area contributed by atoms with Crippen LogP contribution in [-0.4, -0.2) is 34.5 Å². The molecule has 4 atom stereocenters. The maximum atomic E-state index is 12.8. The number of aliphatic carboxylic acids is 1. The molecule has 1 aliphatic heterocycles. The average Bonchev–Trinajstić information content (AvgIpc) is 3.29. The van der Waals surface area contributed by atoms with Crippen molar-refractivity contribution in [2.75, 3.05) is 6.54 Å². The Morgan fingerprint density at radius 2 is 1.83 bits per heavy atom. The Kier molecular flexibility index (Phi) is 3.56. The van der Waals surface area contributed by atoms with Crippen LogP contribution in [0.5, 0.6) is 0 Å². The van der Waals surface area contributed by atoms with E-state index < -0.39 is 11.9 Å². The van der Waals surface area contributed by atoms with Crippen molar-refractivity contribution in [3.05, 3.63) is 48.0 Å².